The Hall–Kier alpha value is -1.43. The van der Waals surface area contributed by atoms with Crippen LogP contribution in [0, 0.1) is 6.92 Å². The van der Waals surface area contributed by atoms with E-state index < -0.39 is 10.0 Å². The monoisotopic (exact) mass is 330 g/mol. The van der Waals surface area contributed by atoms with E-state index in [1.807, 2.05) is 0 Å². The van der Waals surface area contributed by atoms with Crippen LogP contribution in [0.2, 0.25) is 10.0 Å². The molecule has 2 aromatic carbocycles. The third kappa shape index (κ3) is 3.17. The smallest absolute Gasteiger partial charge is 0.262 e. The molecule has 0 aliphatic heterocycles. The summed E-state index contributed by atoms with van der Waals surface area (Å²) in [6.45, 7) is 1.72. The second kappa shape index (κ2) is 5.52. The molecule has 2 aromatic rings. The van der Waals surface area contributed by atoms with Gasteiger partial charge in [0.1, 0.15) is 0 Å². The molecule has 0 saturated heterocycles. The minimum atomic E-state index is -3.76. The lowest BCUT2D eigenvalue weighted by Gasteiger charge is -2.11. The molecule has 0 aliphatic rings. The molecule has 0 bridgehead atoms. The van der Waals surface area contributed by atoms with Gasteiger partial charge in [0.25, 0.3) is 10.0 Å². The van der Waals surface area contributed by atoms with Gasteiger partial charge in [-0.2, -0.15) is 0 Å². The molecule has 0 atom stereocenters. The molecule has 20 heavy (non-hydrogen) atoms. The number of halogens is 2. The van der Waals surface area contributed by atoms with E-state index in [4.69, 9.17) is 28.9 Å². The van der Waals surface area contributed by atoms with Crippen molar-refractivity contribution in [1.29, 1.82) is 0 Å². The van der Waals surface area contributed by atoms with Gasteiger partial charge in [-0.15, -0.1) is 0 Å². The molecule has 0 spiro atoms. The Bertz CT molecular complexity index is 738. The number of hydrogen-bond donors (Lipinski definition) is 2. The van der Waals surface area contributed by atoms with Crippen LogP contribution in [-0.4, -0.2) is 8.42 Å². The second-order valence-electron chi connectivity index (χ2n) is 4.24. The fourth-order valence-electron chi connectivity index (χ4n) is 1.60. The van der Waals surface area contributed by atoms with Crippen molar-refractivity contribution in [2.75, 3.05) is 10.5 Å². The number of sulfonamides is 1. The van der Waals surface area contributed by atoms with Gasteiger partial charge in [0.15, 0.2) is 0 Å². The molecule has 7 heteroatoms. The molecule has 0 amide bonds. The van der Waals surface area contributed by atoms with Crippen molar-refractivity contribution < 1.29 is 8.42 Å². The molecular formula is C13H12Cl2N2O2S. The summed E-state index contributed by atoms with van der Waals surface area (Å²) in [5.41, 5.74) is 7.08. The number of hydrogen-bond acceptors (Lipinski definition) is 3. The van der Waals surface area contributed by atoms with Crippen LogP contribution in [0.5, 0.6) is 0 Å². The molecular weight excluding hydrogens is 319 g/mol. The van der Waals surface area contributed by atoms with Crippen molar-refractivity contribution in [2.45, 2.75) is 11.8 Å². The van der Waals surface area contributed by atoms with Crippen LogP contribution in [0.25, 0.3) is 0 Å². The Morgan fingerprint density at radius 1 is 1.15 bits per heavy atom. The van der Waals surface area contributed by atoms with Crippen molar-refractivity contribution in [2.24, 2.45) is 0 Å². The first-order valence-electron chi connectivity index (χ1n) is 5.63. The SMILES string of the molecule is Cc1c(N)cc(S(=O)(=O)Nc2cccc(Cl)c2)cc1Cl. The fourth-order valence-corrected chi connectivity index (χ4v) is 3.19. The quantitative estimate of drug-likeness (QED) is 0.843. The zero-order valence-corrected chi connectivity index (χ0v) is 12.9. The maximum absolute atomic E-state index is 12.3. The van der Waals surface area contributed by atoms with Gasteiger partial charge in [-0.3, -0.25) is 4.72 Å². The summed E-state index contributed by atoms with van der Waals surface area (Å²) < 4.78 is 26.9. The van der Waals surface area contributed by atoms with Crippen molar-refractivity contribution in [3.8, 4) is 0 Å². The second-order valence-corrected chi connectivity index (χ2v) is 6.76. The molecule has 2 rings (SSSR count). The van der Waals surface area contributed by atoms with Gasteiger partial charge in [-0.05, 0) is 42.8 Å². The summed E-state index contributed by atoms with van der Waals surface area (Å²) in [5, 5.41) is 0.739. The highest BCUT2D eigenvalue weighted by molar-refractivity contribution is 7.92. The normalized spacial score (nSPS) is 11.3. The zero-order chi connectivity index (χ0) is 14.9. The standard InChI is InChI=1S/C13H12Cl2N2O2S/c1-8-12(15)6-11(7-13(8)16)20(18,19)17-10-4-2-3-9(14)5-10/h2-7,17H,16H2,1H3. The first kappa shape index (κ1) is 15.0. The molecule has 0 unspecified atom stereocenters. The van der Waals surface area contributed by atoms with E-state index in [1.54, 1.807) is 25.1 Å². The van der Waals surface area contributed by atoms with Gasteiger partial charge in [-0.25, -0.2) is 8.42 Å². The van der Waals surface area contributed by atoms with E-state index in [0.717, 1.165) is 0 Å². The van der Waals surface area contributed by atoms with Crippen molar-refractivity contribution >= 4 is 44.6 Å². The van der Waals surface area contributed by atoms with Crippen LogP contribution in [0.4, 0.5) is 11.4 Å². The lowest BCUT2D eigenvalue weighted by Crippen LogP contribution is -2.13. The Morgan fingerprint density at radius 3 is 2.45 bits per heavy atom. The van der Waals surface area contributed by atoms with Gasteiger partial charge in [0, 0.05) is 15.7 Å². The van der Waals surface area contributed by atoms with Gasteiger partial charge in [-0.1, -0.05) is 29.3 Å². The predicted molar refractivity (Wildman–Crippen MR) is 82.9 cm³/mol. The summed E-state index contributed by atoms with van der Waals surface area (Å²) in [4.78, 5) is 0.00516. The maximum Gasteiger partial charge on any atom is 0.262 e. The third-order valence-electron chi connectivity index (χ3n) is 2.75. The largest absolute Gasteiger partial charge is 0.398 e. The number of nitrogens with two attached hydrogens (primary N) is 1. The Labute approximate surface area is 127 Å². The summed E-state index contributed by atoms with van der Waals surface area (Å²) in [6.07, 6.45) is 0. The van der Waals surface area contributed by atoms with Gasteiger partial charge in [0.2, 0.25) is 0 Å². The van der Waals surface area contributed by atoms with Gasteiger partial charge >= 0.3 is 0 Å². The Kier molecular flexibility index (Phi) is 4.13. The average Bonchev–Trinajstić information content (AvgIpc) is 2.34. The van der Waals surface area contributed by atoms with Gasteiger partial charge < -0.3 is 5.73 Å². The molecule has 0 aromatic heterocycles. The number of benzene rings is 2. The molecule has 0 radical (unpaired) electrons. The van der Waals surface area contributed by atoms with E-state index >= 15 is 0 Å². The molecule has 4 nitrogen and oxygen atoms in total. The van der Waals surface area contributed by atoms with Crippen LogP contribution < -0.4 is 10.5 Å². The minimum Gasteiger partial charge on any atom is -0.398 e. The molecule has 0 aliphatic carbocycles. The highest BCUT2D eigenvalue weighted by atomic mass is 35.5. The Morgan fingerprint density at radius 2 is 1.85 bits per heavy atom. The van der Waals surface area contributed by atoms with Crippen molar-refractivity contribution in [3.05, 3.63) is 52.0 Å². The van der Waals surface area contributed by atoms with Gasteiger partial charge in [0.05, 0.1) is 10.6 Å². The third-order valence-corrected chi connectivity index (χ3v) is 4.73. The topological polar surface area (TPSA) is 72.2 Å². The lowest BCUT2D eigenvalue weighted by molar-refractivity contribution is 0.601. The molecule has 0 saturated carbocycles. The van der Waals surface area contributed by atoms with E-state index in [9.17, 15) is 8.42 Å². The molecule has 106 valence electrons. The zero-order valence-electron chi connectivity index (χ0n) is 10.5. The number of anilines is 2. The first-order chi connectivity index (χ1) is 9.29. The highest BCUT2D eigenvalue weighted by Crippen LogP contribution is 2.27. The minimum absolute atomic E-state index is 0.00516. The maximum atomic E-state index is 12.3. The highest BCUT2D eigenvalue weighted by Gasteiger charge is 2.17. The molecule has 0 heterocycles. The van der Waals surface area contributed by atoms with E-state index in [1.165, 1.54) is 18.2 Å². The summed E-state index contributed by atoms with van der Waals surface area (Å²) in [7, 11) is -3.76. The van der Waals surface area contributed by atoms with Crippen molar-refractivity contribution in [1.82, 2.24) is 0 Å². The number of nitrogen functional groups attached to an aromatic ring is 1. The summed E-state index contributed by atoms with van der Waals surface area (Å²) >= 11 is 11.8. The van der Waals surface area contributed by atoms with Crippen LogP contribution in [0.1, 0.15) is 5.56 Å². The van der Waals surface area contributed by atoms with Crippen molar-refractivity contribution in [3.63, 3.8) is 0 Å². The molecule has 0 fully saturated rings. The molecule has 3 N–H and O–H groups in total. The first-order valence-corrected chi connectivity index (χ1v) is 7.87. The van der Waals surface area contributed by atoms with Crippen LogP contribution in [0.3, 0.4) is 0 Å². The van der Waals surface area contributed by atoms with E-state index in [-0.39, 0.29) is 4.90 Å². The summed E-state index contributed by atoms with van der Waals surface area (Å²) in [6, 6.07) is 9.14. The predicted octanol–water partition coefficient (Wildman–Crippen LogP) is 3.68. The van der Waals surface area contributed by atoms with Crippen LogP contribution in [-0.2, 0) is 10.0 Å². The lowest BCUT2D eigenvalue weighted by atomic mass is 10.2. The fraction of sp³-hybridized carbons (Fsp3) is 0.0769. The number of nitrogens with one attached hydrogen (secondary N) is 1. The number of rotatable bonds is 3. The van der Waals surface area contributed by atoms with E-state index in [2.05, 4.69) is 4.72 Å². The summed E-state index contributed by atoms with van der Waals surface area (Å²) in [5.74, 6) is 0. The van der Waals surface area contributed by atoms with Crippen LogP contribution >= 0.6 is 23.2 Å². The van der Waals surface area contributed by atoms with E-state index in [0.29, 0.717) is 27.0 Å². The average molecular weight is 331 g/mol. The van der Waals surface area contributed by atoms with Crippen LogP contribution in [0.15, 0.2) is 41.3 Å². The Balaban J connectivity index is 2.41.